The van der Waals surface area contributed by atoms with Crippen molar-refractivity contribution in [3.8, 4) is 0 Å². The van der Waals surface area contributed by atoms with E-state index in [1.165, 1.54) is 0 Å². The van der Waals surface area contributed by atoms with E-state index in [1.807, 2.05) is 48.5 Å². The fraction of sp³-hybridized carbons (Fsp3) is 0.316. The fourth-order valence-corrected chi connectivity index (χ4v) is 2.38. The number of anilines is 1. The van der Waals surface area contributed by atoms with Crippen LogP contribution in [0.1, 0.15) is 25.3 Å². The fourth-order valence-electron chi connectivity index (χ4n) is 2.38. The zero-order chi connectivity index (χ0) is 14.9. The van der Waals surface area contributed by atoms with Crippen LogP contribution in [0.5, 0.6) is 0 Å². The van der Waals surface area contributed by atoms with Gasteiger partial charge in [-0.25, -0.2) is 0 Å². The Balaban J connectivity index is 1.99. The number of hydrogen-bond acceptors (Lipinski definition) is 2. The van der Waals surface area contributed by atoms with Gasteiger partial charge in [0.1, 0.15) is 0 Å². The third-order valence-corrected chi connectivity index (χ3v) is 3.51. The Bertz CT molecular complexity index is 536. The summed E-state index contributed by atoms with van der Waals surface area (Å²) >= 11 is 0. The first kappa shape index (κ1) is 15.3. The molecule has 0 N–H and O–H groups in total. The zero-order valence-electron chi connectivity index (χ0n) is 12.7. The molecule has 0 atom stereocenters. The van der Waals surface area contributed by atoms with Crippen molar-refractivity contribution in [2.45, 2.75) is 26.2 Å². The topological polar surface area (TPSA) is 20.3 Å². The summed E-state index contributed by atoms with van der Waals surface area (Å²) in [6, 6.07) is 20.2. The van der Waals surface area contributed by atoms with E-state index in [0.29, 0.717) is 13.0 Å². The number of benzene rings is 2. The lowest BCUT2D eigenvalue weighted by Crippen LogP contribution is -2.31. The van der Waals surface area contributed by atoms with Gasteiger partial charge in [0.05, 0.1) is 6.54 Å². The normalized spacial score (nSPS) is 10.3. The summed E-state index contributed by atoms with van der Waals surface area (Å²) in [4.78, 5) is 14.5. The van der Waals surface area contributed by atoms with Crippen LogP contribution in [0.15, 0.2) is 60.7 Å². The second kappa shape index (κ2) is 8.25. The summed E-state index contributed by atoms with van der Waals surface area (Å²) in [5.41, 5.74) is 2.22. The van der Waals surface area contributed by atoms with Gasteiger partial charge in [0.15, 0.2) is 5.78 Å². The SMILES string of the molecule is CCCCN(CC(=O)Cc1ccccc1)c1ccccc1. The molecule has 2 nitrogen and oxygen atoms in total. The van der Waals surface area contributed by atoms with Crippen LogP contribution in [-0.4, -0.2) is 18.9 Å². The molecule has 0 aliphatic rings. The zero-order valence-corrected chi connectivity index (χ0v) is 12.7. The van der Waals surface area contributed by atoms with E-state index in [4.69, 9.17) is 0 Å². The molecule has 0 unspecified atom stereocenters. The van der Waals surface area contributed by atoms with Gasteiger partial charge < -0.3 is 4.90 Å². The summed E-state index contributed by atoms with van der Waals surface area (Å²) < 4.78 is 0. The number of rotatable bonds is 8. The summed E-state index contributed by atoms with van der Waals surface area (Å²) in [5, 5.41) is 0. The predicted molar refractivity (Wildman–Crippen MR) is 88.7 cm³/mol. The summed E-state index contributed by atoms with van der Waals surface area (Å²) in [5.74, 6) is 0.265. The minimum atomic E-state index is 0.265. The van der Waals surface area contributed by atoms with Gasteiger partial charge >= 0.3 is 0 Å². The Kier molecular flexibility index (Phi) is 6.01. The lowest BCUT2D eigenvalue weighted by atomic mass is 10.1. The molecule has 0 radical (unpaired) electrons. The van der Waals surface area contributed by atoms with Crippen LogP contribution in [0.3, 0.4) is 0 Å². The van der Waals surface area contributed by atoms with Crippen LogP contribution in [0.25, 0.3) is 0 Å². The molecule has 0 heterocycles. The molecule has 0 saturated heterocycles. The molecular formula is C19H23NO. The van der Waals surface area contributed by atoms with Crippen molar-refractivity contribution in [1.82, 2.24) is 0 Å². The molecule has 2 aromatic carbocycles. The minimum absolute atomic E-state index is 0.265. The van der Waals surface area contributed by atoms with E-state index in [1.54, 1.807) is 0 Å². The average Bonchev–Trinajstić information content (AvgIpc) is 2.53. The molecule has 0 spiro atoms. The molecule has 0 bridgehead atoms. The molecular weight excluding hydrogens is 258 g/mol. The molecule has 0 amide bonds. The number of unbranched alkanes of at least 4 members (excludes halogenated alkanes) is 1. The molecule has 0 fully saturated rings. The number of ketones is 1. The lowest BCUT2D eigenvalue weighted by Gasteiger charge is -2.24. The second-order valence-electron chi connectivity index (χ2n) is 5.31. The molecule has 0 aliphatic heterocycles. The number of para-hydroxylation sites is 1. The largest absolute Gasteiger partial charge is 0.364 e. The van der Waals surface area contributed by atoms with Gasteiger partial charge in [-0.2, -0.15) is 0 Å². The standard InChI is InChI=1S/C19H23NO/c1-2-3-14-20(18-12-8-5-9-13-18)16-19(21)15-17-10-6-4-7-11-17/h4-13H,2-3,14-16H2,1H3. The maximum Gasteiger partial charge on any atom is 0.156 e. The first-order valence-electron chi connectivity index (χ1n) is 7.65. The third kappa shape index (κ3) is 5.07. The van der Waals surface area contributed by atoms with Crippen LogP contribution in [0.2, 0.25) is 0 Å². The van der Waals surface area contributed by atoms with E-state index in [9.17, 15) is 4.79 Å². The highest BCUT2D eigenvalue weighted by atomic mass is 16.1. The highest BCUT2D eigenvalue weighted by Gasteiger charge is 2.11. The molecule has 0 aliphatic carbocycles. The van der Waals surface area contributed by atoms with Crippen molar-refractivity contribution in [2.24, 2.45) is 0 Å². The Morgan fingerprint density at radius 3 is 2.19 bits per heavy atom. The number of nitrogens with zero attached hydrogens (tertiary/aromatic N) is 1. The quantitative estimate of drug-likeness (QED) is 0.726. The van der Waals surface area contributed by atoms with Crippen molar-refractivity contribution in [2.75, 3.05) is 18.0 Å². The molecule has 0 aromatic heterocycles. The van der Waals surface area contributed by atoms with Crippen LogP contribution < -0.4 is 4.90 Å². The first-order valence-corrected chi connectivity index (χ1v) is 7.65. The second-order valence-corrected chi connectivity index (χ2v) is 5.31. The van der Waals surface area contributed by atoms with Crippen molar-refractivity contribution in [1.29, 1.82) is 0 Å². The monoisotopic (exact) mass is 281 g/mol. The highest BCUT2D eigenvalue weighted by Crippen LogP contribution is 2.14. The summed E-state index contributed by atoms with van der Waals surface area (Å²) in [6.07, 6.45) is 2.75. The number of hydrogen-bond donors (Lipinski definition) is 0. The van der Waals surface area contributed by atoms with E-state index in [2.05, 4.69) is 24.0 Å². The van der Waals surface area contributed by atoms with Crippen LogP contribution in [0.4, 0.5) is 5.69 Å². The lowest BCUT2D eigenvalue weighted by molar-refractivity contribution is -0.117. The smallest absolute Gasteiger partial charge is 0.156 e. The van der Waals surface area contributed by atoms with Crippen LogP contribution >= 0.6 is 0 Å². The van der Waals surface area contributed by atoms with Gasteiger partial charge in [0.25, 0.3) is 0 Å². The number of Topliss-reactive ketones (excluding diaryl/α,β-unsaturated/α-hetero) is 1. The van der Waals surface area contributed by atoms with Crippen molar-refractivity contribution in [3.05, 3.63) is 66.2 Å². The van der Waals surface area contributed by atoms with Gasteiger partial charge in [-0.3, -0.25) is 4.79 Å². The van der Waals surface area contributed by atoms with Crippen molar-refractivity contribution >= 4 is 11.5 Å². The number of carbonyl (C=O) groups excluding carboxylic acids is 1. The van der Waals surface area contributed by atoms with Crippen molar-refractivity contribution in [3.63, 3.8) is 0 Å². The summed E-state index contributed by atoms with van der Waals surface area (Å²) in [7, 11) is 0. The van der Waals surface area contributed by atoms with E-state index in [0.717, 1.165) is 30.6 Å². The maximum atomic E-state index is 12.3. The summed E-state index contributed by atoms with van der Waals surface area (Å²) in [6.45, 7) is 3.59. The Hall–Kier alpha value is -2.09. The predicted octanol–water partition coefficient (Wildman–Crippen LogP) is 4.10. The Labute approximate surface area is 127 Å². The van der Waals surface area contributed by atoms with Gasteiger partial charge in [0, 0.05) is 18.7 Å². The first-order chi connectivity index (χ1) is 10.3. The molecule has 2 heteroatoms. The maximum absolute atomic E-state index is 12.3. The highest BCUT2D eigenvalue weighted by molar-refractivity contribution is 5.85. The average molecular weight is 281 g/mol. The van der Waals surface area contributed by atoms with Crippen LogP contribution in [-0.2, 0) is 11.2 Å². The molecule has 0 saturated carbocycles. The molecule has 2 rings (SSSR count). The van der Waals surface area contributed by atoms with Gasteiger partial charge in [0.2, 0.25) is 0 Å². The molecule has 110 valence electrons. The van der Waals surface area contributed by atoms with Gasteiger partial charge in [-0.15, -0.1) is 0 Å². The number of carbonyl (C=O) groups is 1. The third-order valence-electron chi connectivity index (χ3n) is 3.51. The van der Waals surface area contributed by atoms with Gasteiger partial charge in [-0.1, -0.05) is 61.9 Å². The Morgan fingerprint density at radius 2 is 1.57 bits per heavy atom. The van der Waals surface area contributed by atoms with E-state index >= 15 is 0 Å². The van der Waals surface area contributed by atoms with E-state index in [-0.39, 0.29) is 5.78 Å². The van der Waals surface area contributed by atoms with E-state index < -0.39 is 0 Å². The van der Waals surface area contributed by atoms with Crippen LogP contribution in [0, 0.1) is 0 Å². The molecule has 2 aromatic rings. The Morgan fingerprint density at radius 1 is 0.952 bits per heavy atom. The van der Waals surface area contributed by atoms with Crippen molar-refractivity contribution < 1.29 is 4.79 Å². The van der Waals surface area contributed by atoms with Gasteiger partial charge in [-0.05, 0) is 24.1 Å². The minimum Gasteiger partial charge on any atom is -0.364 e. The molecule has 21 heavy (non-hydrogen) atoms.